The molecule has 3 rings (SSSR count). The number of hydrogen-bond donors (Lipinski definition) is 1. The number of benzene rings is 1. The number of ether oxygens (including phenoxy) is 1. The van der Waals surface area contributed by atoms with E-state index in [9.17, 15) is 4.79 Å². The molecule has 1 saturated carbocycles. The summed E-state index contributed by atoms with van der Waals surface area (Å²) in [7, 11) is 1.69. The van der Waals surface area contributed by atoms with Gasteiger partial charge in [0.1, 0.15) is 5.75 Å². The molecular weight excluding hydrogens is 338 g/mol. The Kier molecular flexibility index (Phi) is 7.13. The second kappa shape index (κ2) is 9.56. The van der Waals surface area contributed by atoms with Crippen LogP contribution in [0.15, 0.2) is 24.3 Å². The van der Waals surface area contributed by atoms with Gasteiger partial charge < -0.3 is 10.1 Å². The van der Waals surface area contributed by atoms with E-state index in [1.165, 1.54) is 24.8 Å². The van der Waals surface area contributed by atoms with Gasteiger partial charge >= 0.3 is 0 Å². The number of methoxy groups -OCH3 is 1. The number of piperazine rings is 1. The zero-order valence-corrected chi connectivity index (χ0v) is 17.1. The van der Waals surface area contributed by atoms with Crippen molar-refractivity contribution in [3.63, 3.8) is 0 Å². The Balaban J connectivity index is 1.44. The van der Waals surface area contributed by atoms with Crippen molar-refractivity contribution in [1.82, 2.24) is 15.1 Å². The summed E-state index contributed by atoms with van der Waals surface area (Å²) in [4.78, 5) is 17.5. The fourth-order valence-electron chi connectivity index (χ4n) is 4.30. The van der Waals surface area contributed by atoms with Crippen LogP contribution in [0.25, 0.3) is 0 Å². The van der Waals surface area contributed by atoms with E-state index >= 15 is 0 Å². The molecule has 1 aliphatic heterocycles. The van der Waals surface area contributed by atoms with E-state index in [4.69, 9.17) is 4.74 Å². The second-order valence-corrected chi connectivity index (χ2v) is 8.21. The highest BCUT2D eigenvalue weighted by atomic mass is 16.5. The van der Waals surface area contributed by atoms with Gasteiger partial charge in [0.05, 0.1) is 13.2 Å². The number of nitrogens with one attached hydrogen (secondary N) is 1. The van der Waals surface area contributed by atoms with Crippen LogP contribution in [0, 0.1) is 5.92 Å². The van der Waals surface area contributed by atoms with Gasteiger partial charge in [-0.1, -0.05) is 31.9 Å². The molecule has 27 heavy (non-hydrogen) atoms. The lowest BCUT2D eigenvalue weighted by atomic mass is 9.86. The molecule has 1 amide bonds. The van der Waals surface area contributed by atoms with Crippen molar-refractivity contribution in [1.29, 1.82) is 0 Å². The first-order valence-corrected chi connectivity index (χ1v) is 10.5. The van der Waals surface area contributed by atoms with Gasteiger partial charge in [-0.15, -0.1) is 0 Å². The van der Waals surface area contributed by atoms with E-state index in [0.717, 1.165) is 44.9 Å². The summed E-state index contributed by atoms with van der Waals surface area (Å²) in [5, 5.41) is 3.32. The van der Waals surface area contributed by atoms with Crippen LogP contribution in [0.1, 0.15) is 45.1 Å². The summed E-state index contributed by atoms with van der Waals surface area (Å²) < 4.78 is 5.22. The lowest BCUT2D eigenvalue weighted by Crippen LogP contribution is -2.55. The van der Waals surface area contributed by atoms with Crippen LogP contribution in [0.5, 0.6) is 5.75 Å². The number of hydrogen-bond acceptors (Lipinski definition) is 4. The molecule has 2 fully saturated rings. The third kappa shape index (κ3) is 5.45. The Bertz CT molecular complexity index is 596. The average Bonchev–Trinajstić information content (AvgIpc) is 2.70. The summed E-state index contributed by atoms with van der Waals surface area (Å²) in [5.41, 5.74) is 1.31. The predicted octanol–water partition coefficient (Wildman–Crippen LogP) is 2.90. The first-order chi connectivity index (χ1) is 13.1. The maximum atomic E-state index is 12.7. The summed E-state index contributed by atoms with van der Waals surface area (Å²) >= 11 is 0. The van der Waals surface area contributed by atoms with Crippen molar-refractivity contribution in [2.24, 2.45) is 5.92 Å². The molecule has 0 unspecified atom stereocenters. The molecule has 5 nitrogen and oxygen atoms in total. The minimum Gasteiger partial charge on any atom is -0.497 e. The predicted molar refractivity (Wildman–Crippen MR) is 109 cm³/mol. The van der Waals surface area contributed by atoms with Gasteiger partial charge in [0.2, 0.25) is 5.91 Å². The molecule has 3 atom stereocenters. The molecule has 0 aromatic heterocycles. The molecule has 1 N–H and O–H groups in total. The summed E-state index contributed by atoms with van der Waals surface area (Å²) in [6.07, 6.45) is 4.92. The minimum absolute atomic E-state index is 0.0396. The van der Waals surface area contributed by atoms with E-state index in [2.05, 4.69) is 41.1 Å². The molecule has 150 valence electrons. The standard InChI is InChI=1S/C22H35N3O2/c1-17-6-4-5-7-21(17)23-22(26)18(2)25-14-12-24(13-15-25)16-19-8-10-20(27-3)11-9-19/h8-11,17-18,21H,4-7,12-16H2,1-3H3,(H,23,26)/t17-,18+,21-/m0/s1. The Morgan fingerprint density at radius 1 is 1.15 bits per heavy atom. The Hall–Kier alpha value is -1.59. The SMILES string of the molecule is COc1ccc(CN2CCN([C@H](C)C(=O)N[C@H]3CCCC[C@@H]3C)CC2)cc1. The summed E-state index contributed by atoms with van der Waals surface area (Å²) in [6, 6.07) is 8.63. The molecule has 0 bridgehead atoms. The molecular formula is C22H35N3O2. The van der Waals surface area contributed by atoms with Gasteiger partial charge in [0, 0.05) is 38.8 Å². The number of carbonyl (C=O) groups excluding carboxylic acids is 1. The van der Waals surface area contributed by atoms with Crippen molar-refractivity contribution in [2.45, 2.75) is 58.2 Å². The second-order valence-electron chi connectivity index (χ2n) is 8.21. The quantitative estimate of drug-likeness (QED) is 0.833. The molecule has 1 aromatic carbocycles. The lowest BCUT2D eigenvalue weighted by molar-refractivity contribution is -0.127. The Labute approximate surface area is 164 Å². The Morgan fingerprint density at radius 2 is 1.81 bits per heavy atom. The van der Waals surface area contributed by atoms with E-state index < -0.39 is 0 Å². The minimum atomic E-state index is -0.0396. The topological polar surface area (TPSA) is 44.8 Å². The molecule has 0 spiro atoms. The highest BCUT2D eigenvalue weighted by Crippen LogP contribution is 2.24. The van der Waals surface area contributed by atoms with E-state index in [-0.39, 0.29) is 11.9 Å². The highest BCUT2D eigenvalue weighted by molar-refractivity contribution is 5.81. The first kappa shape index (κ1) is 20.2. The number of nitrogens with zero attached hydrogens (tertiary/aromatic N) is 2. The van der Waals surface area contributed by atoms with Crippen LogP contribution >= 0.6 is 0 Å². The van der Waals surface area contributed by atoms with Crippen molar-refractivity contribution in [3.8, 4) is 5.75 Å². The zero-order valence-electron chi connectivity index (χ0n) is 17.1. The molecule has 1 aromatic rings. The smallest absolute Gasteiger partial charge is 0.237 e. The molecule has 5 heteroatoms. The van der Waals surface area contributed by atoms with Crippen LogP contribution in [0.4, 0.5) is 0 Å². The van der Waals surface area contributed by atoms with E-state index in [1.54, 1.807) is 7.11 Å². The Morgan fingerprint density at radius 3 is 2.44 bits per heavy atom. The van der Waals surface area contributed by atoms with Crippen molar-refractivity contribution in [2.75, 3.05) is 33.3 Å². The molecule has 1 heterocycles. The fourth-order valence-corrected chi connectivity index (χ4v) is 4.30. The maximum Gasteiger partial charge on any atom is 0.237 e. The van der Waals surface area contributed by atoms with Gasteiger partial charge in [-0.25, -0.2) is 0 Å². The lowest BCUT2D eigenvalue weighted by Gasteiger charge is -2.38. The summed E-state index contributed by atoms with van der Waals surface area (Å²) in [5.74, 6) is 1.71. The van der Waals surface area contributed by atoms with Crippen molar-refractivity contribution >= 4 is 5.91 Å². The van der Waals surface area contributed by atoms with Crippen molar-refractivity contribution in [3.05, 3.63) is 29.8 Å². The van der Waals surface area contributed by atoms with E-state index in [1.807, 2.05) is 12.1 Å². The zero-order chi connectivity index (χ0) is 19.2. The van der Waals surface area contributed by atoms with Crippen LogP contribution < -0.4 is 10.1 Å². The van der Waals surface area contributed by atoms with Crippen molar-refractivity contribution < 1.29 is 9.53 Å². The van der Waals surface area contributed by atoms with Gasteiger partial charge in [0.25, 0.3) is 0 Å². The van der Waals surface area contributed by atoms with Gasteiger partial charge in [-0.3, -0.25) is 14.6 Å². The third-order valence-corrected chi connectivity index (χ3v) is 6.34. The monoisotopic (exact) mass is 373 g/mol. The fraction of sp³-hybridized carbons (Fsp3) is 0.682. The third-order valence-electron chi connectivity index (χ3n) is 6.34. The number of carbonyl (C=O) groups is 1. The molecule has 0 radical (unpaired) electrons. The number of amides is 1. The van der Waals surface area contributed by atoms with Crippen LogP contribution in [0.3, 0.4) is 0 Å². The molecule has 1 saturated heterocycles. The number of rotatable bonds is 6. The normalized spacial score (nSPS) is 25.7. The van der Waals surface area contributed by atoms with Gasteiger partial charge in [-0.2, -0.15) is 0 Å². The molecule has 1 aliphatic carbocycles. The van der Waals surface area contributed by atoms with Crippen LogP contribution in [-0.4, -0.2) is 61.1 Å². The van der Waals surface area contributed by atoms with Gasteiger partial charge in [-0.05, 0) is 43.4 Å². The maximum absolute atomic E-state index is 12.7. The van der Waals surface area contributed by atoms with Crippen LogP contribution in [-0.2, 0) is 11.3 Å². The summed E-state index contributed by atoms with van der Waals surface area (Å²) in [6.45, 7) is 9.19. The first-order valence-electron chi connectivity index (χ1n) is 10.5. The van der Waals surface area contributed by atoms with Crippen LogP contribution in [0.2, 0.25) is 0 Å². The largest absolute Gasteiger partial charge is 0.497 e. The highest BCUT2D eigenvalue weighted by Gasteiger charge is 2.29. The average molecular weight is 374 g/mol. The van der Waals surface area contributed by atoms with E-state index in [0.29, 0.717) is 12.0 Å². The van der Waals surface area contributed by atoms with Gasteiger partial charge in [0.15, 0.2) is 0 Å². The molecule has 2 aliphatic rings.